The number of fused-ring (bicyclic) bond motifs is 7. The molecule has 4 aliphatic heterocycles. The minimum atomic E-state index is -1.44. The molecule has 1 saturated heterocycles. The van der Waals surface area contributed by atoms with Crippen molar-refractivity contribution in [3.05, 3.63) is 119 Å². The summed E-state index contributed by atoms with van der Waals surface area (Å²) in [5.41, 5.74) is 2.07. The lowest BCUT2D eigenvalue weighted by Crippen LogP contribution is -2.51. The van der Waals surface area contributed by atoms with E-state index in [0.29, 0.717) is 39.6 Å². The minimum absolute atomic E-state index is 0.0397. The van der Waals surface area contributed by atoms with Crippen molar-refractivity contribution in [1.29, 1.82) is 0 Å². The SMILES string of the molecule is CC(=O)Oc1ccc(C(=O)[C@@H]2[C@H](C(=O)c3ccc4c(c3)OCO4)[C@]3(C(=O)Nc4ccccc43)[C@@H]3C=Cc4ccccc4N23)cc1. The van der Waals surface area contributed by atoms with Gasteiger partial charge in [-0.2, -0.15) is 0 Å². The number of nitrogens with zero attached hydrogens (tertiary/aromatic N) is 1. The zero-order chi connectivity index (χ0) is 30.9. The number of hydrogen-bond acceptors (Lipinski definition) is 8. The van der Waals surface area contributed by atoms with Crippen molar-refractivity contribution in [3.63, 3.8) is 0 Å². The summed E-state index contributed by atoms with van der Waals surface area (Å²) >= 11 is 0. The first-order valence-corrected chi connectivity index (χ1v) is 14.6. The lowest BCUT2D eigenvalue weighted by molar-refractivity contribution is -0.131. The van der Waals surface area contributed by atoms with Crippen molar-refractivity contribution in [2.75, 3.05) is 17.0 Å². The fourth-order valence-corrected chi connectivity index (χ4v) is 7.37. The summed E-state index contributed by atoms with van der Waals surface area (Å²) in [5.74, 6) is -1.43. The van der Waals surface area contributed by atoms with Gasteiger partial charge in [0, 0.05) is 29.4 Å². The summed E-state index contributed by atoms with van der Waals surface area (Å²) < 4.78 is 16.3. The maximum absolute atomic E-state index is 15.0. The molecule has 0 aromatic heterocycles. The van der Waals surface area contributed by atoms with Crippen molar-refractivity contribution in [1.82, 2.24) is 0 Å². The van der Waals surface area contributed by atoms with Crippen LogP contribution in [0.15, 0.2) is 97.1 Å². The van der Waals surface area contributed by atoms with Gasteiger partial charge in [0.05, 0.1) is 12.0 Å². The maximum atomic E-state index is 15.0. The second-order valence-electron chi connectivity index (χ2n) is 11.5. The van der Waals surface area contributed by atoms with Gasteiger partial charge < -0.3 is 24.4 Å². The highest BCUT2D eigenvalue weighted by molar-refractivity contribution is 6.18. The van der Waals surface area contributed by atoms with E-state index >= 15 is 4.79 Å². The van der Waals surface area contributed by atoms with Gasteiger partial charge >= 0.3 is 5.97 Å². The predicted octanol–water partition coefficient (Wildman–Crippen LogP) is 5.20. The Bertz CT molecular complexity index is 1970. The van der Waals surface area contributed by atoms with Gasteiger partial charge in [-0.25, -0.2) is 0 Å². The number of ketones is 2. The number of carbonyl (C=O) groups excluding carboxylic acids is 4. The maximum Gasteiger partial charge on any atom is 0.308 e. The Morgan fingerprint density at radius 2 is 1.60 bits per heavy atom. The van der Waals surface area contributed by atoms with Gasteiger partial charge in [-0.3, -0.25) is 19.2 Å². The van der Waals surface area contributed by atoms with E-state index in [9.17, 15) is 14.4 Å². The molecule has 45 heavy (non-hydrogen) atoms. The monoisotopic (exact) mass is 598 g/mol. The molecular formula is C36H26N2O7. The first-order valence-electron chi connectivity index (χ1n) is 14.6. The first-order chi connectivity index (χ1) is 21.9. The van der Waals surface area contributed by atoms with Crippen LogP contribution in [0.5, 0.6) is 17.2 Å². The molecule has 1 fully saturated rings. The topological polar surface area (TPSA) is 111 Å². The van der Waals surface area contributed by atoms with Gasteiger partial charge in [-0.1, -0.05) is 48.6 Å². The molecule has 4 heterocycles. The standard InChI is InChI=1S/C36H26N2O7/c1-20(39)45-24-14-10-22(11-15-24)34(41)32-31(33(40)23-12-16-28-29(18-23)44-19-43-28)36(25-7-3-4-8-26(25)37-35(36)42)30-17-13-21-6-2-5-9-27(21)38(30)32/h2-18,30-32H,19H2,1H3,(H,37,42)/t30-,31+,32-,36+/m0/s1. The van der Waals surface area contributed by atoms with E-state index in [4.69, 9.17) is 14.2 Å². The largest absolute Gasteiger partial charge is 0.454 e. The molecule has 0 unspecified atom stereocenters. The lowest BCUT2D eigenvalue weighted by atomic mass is 9.64. The van der Waals surface area contributed by atoms with Crippen molar-refractivity contribution >= 4 is 40.9 Å². The molecular weight excluding hydrogens is 572 g/mol. The number of rotatable bonds is 5. The Balaban J connectivity index is 1.36. The van der Waals surface area contributed by atoms with Gasteiger partial charge in [-0.05, 0) is 65.7 Å². The van der Waals surface area contributed by atoms with Gasteiger partial charge in [0.25, 0.3) is 0 Å². The lowest BCUT2D eigenvalue weighted by Gasteiger charge is -2.37. The predicted molar refractivity (Wildman–Crippen MR) is 165 cm³/mol. The summed E-state index contributed by atoms with van der Waals surface area (Å²) in [7, 11) is 0. The third-order valence-electron chi connectivity index (χ3n) is 9.15. The quantitative estimate of drug-likeness (QED) is 0.190. The Hall–Kier alpha value is -5.70. The average molecular weight is 599 g/mol. The zero-order valence-corrected chi connectivity index (χ0v) is 24.1. The summed E-state index contributed by atoms with van der Waals surface area (Å²) in [6, 6.07) is 24.5. The van der Waals surface area contributed by atoms with Crippen LogP contribution in [0.3, 0.4) is 0 Å². The molecule has 1 amide bonds. The van der Waals surface area contributed by atoms with E-state index in [1.54, 1.807) is 42.5 Å². The van der Waals surface area contributed by atoms with Crippen molar-refractivity contribution < 1.29 is 33.4 Å². The number of Topliss-reactive ketones (excluding diaryl/α,β-unsaturated/α-hetero) is 2. The van der Waals surface area contributed by atoms with Crippen LogP contribution in [0.1, 0.15) is 38.8 Å². The van der Waals surface area contributed by atoms with E-state index < -0.39 is 29.4 Å². The summed E-state index contributed by atoms with van der Waals surface area (Å²) in [4.78, 5) is 57.8. The fraction of sp³-hybridized carbons (Fsp3) is 0.167. The number of amides is 1. The molecule has 4 aromatic carbocycles. The highest BCUT2D eigenvalue weighted by Gasteiger charge is 2.70. The van der Waals surface area contributed by atoms with Gasteiger partial charge in [0.15, 0.2) is 23.1 Å². The zero-order valence-electron chi connectivity index (χ0n) is 24.1. The molecule has 222 valence electrons. The molecule has 0 aliphatic carbocycles. The molecule has 1 spiro atoms. The second kappa shape index (κ2) is 9.92. The number of esters is 1. The molecule has 4 atom stereocenters. The van der Waals surface area contributed by atoms with Crippen LogP contribution in [-0.2, 0) is 15.0 Å². The van der Waals surface area contributed by atoms with Crippen LogP contribution >= 0.6 is 0 Å². The van der Waals surface area contributed by atoms with Crippen molar-refractivity contribution in [2.45, 2.75) is 24.4 Å². The summed E-state index contributed by atoms with van der Waals surface area (Å²) in [6.07, 6.45) is 3.89. The minimum Gasteiger partial charge on any atom is -0.454 e. The average Bonchev–Trinajstić information content (AvgIpc) is 3.73. The number of nitrogens with one attached hydrogen (secondary N) is 1. The fourth-order valence-electron chi connectivity index (χ4n) is 7.37. The third kappa shape index (κ3) is 3.86. The van der Waals surface area contributed by atoms with E-state index in [-0.39, 0.29) is 24.3 Å². The Morgan fingerprint density at radius 3 is 2.42 bits per heavy atom. The van der Waals surface area contributed by atoms with Crippen molar-refractivity contribution in [2.24, 2.45) is 5.92 Å². The number of para-hydroxylation sites is 2. The van der Waals surface area contributed by atoms with Crippen LogP contribution in [0.2, 0.25) is 0 Å². The molecule has 9 heteroatoms. The Kier molecular flexibility index (Phi) is 5.93. The number of carbonyl (C=O) groups is 4. The molecule has 4 aromatic rings. The first kappa shape index (κ1) is 26.9. The molecule has 8 rings (SSSR count). The number of benzene rings is 4. The van der Waals surface area contributed by atoms with E-state index in [0.717, 1.165) is 11.3 Å². The second-order valence-corrected chi connectivity index (χ2v) is 11.5. The molecule has 0 saturated carbocycles. The van der Waals surface area contributed by atoms with Gasteiger partial charge in [0.2, 0.25) is 12.7 Å². The molecule has 1 N–H and O–H groups in total. The molecule has 4 aliphatic rings. The smallest absolute Gasteiger partial charge is 0.308 e. The van der Waals surface area contributed by atoms with Crippen LogP contribution in [0.25, 0.3) is 6.08 Å². The van der Waals surface area contributed by atoms with Crippen LogP contribution in [-0.4, -0.2) is 42.3 Å². The Morgan fingerprint density at radius 1 is 0.867 bits per heavy atom. The van der Waals surface area contributed by atoms with Crippen LogP contribution < -0.4 is 24.4 Å². The number of anilines is 2. The number of ether oxygens (including phenoxy) is 3. The third-order valence-corrected chi connectivity index (χ3v) is 9.15. The van der Waals surface area contributed by atoms with Crippen molar-refractivity contribution in [3.8, 4) is 17.2 Å². The molecule has 0 bridgehead atoms. The highest BCUT2D eigenvalue weighted by atomic mass is 16.7. The van der Waals surface area contributed by atoms with E-state index in [1.165, 1.54) is 6.92 Å². The van der Waals surface area contributed by atoms with E-state index in [2.05, 4.69) is 5.32 Å². The molecule has 0 radical (unpaired) electrons. The van der Waals surface area contributed by atoms with Gasteiger partial charge in [-0.15, -0.1) is 0 Å². The summed E-state index contributed by atoms with van der Waals surface area (Å²) in [5, 5.41) is 3.03. The van der Waals surface area contributed by atoms with Crippen LogP contribution in [0.4, 0.5) is 11.4 Å². The highest BCUT2D eigenvalue weighted by Crippen LogP contribution is 2.58. The molecule has 9 nitrogen and oxygen atoms in total. The van der Waals surface area contributed by atoms with Crippen LogP contribution in [0, 0.1) is 5.92 Å². The van der Waals surface area contributed by atoms with Gasteiger partial charge in [0.1, 0.15) is 17.2 Å². The normalized spacial score (nSPS) is 23.3. The number of hydrogen-bond donors (Lipinski definition) is 1. The Labute approximate surface area is 258 Å². The van der Waals surface area contributed by atoms with E-state index in [1.807, 2.05) is 65.6 Å². The summed E-state index contributed by atoms with van der Waals surface area (Å²) in [6.45, 7) is 1.34.